The van der Waals surface area contributed by atoms with Gasteiger partial charge in [-0.1, -0.05) is 0 Å². The first-order valence-electron chi connectivity index (χ1n) is 4.68. The number of nitrogens with zero attached hydrogens (tertiary/aromatic N) is 1. The number of hydrogen-bond donors (Lipinski definition) is 4. The van der Waals surface area contributed by atoms with Gasteiger partial charge in [0.05, 0.1) is 7.11 Å². The second kappa shape index (κ2) is 6.03. The van der Waals surface area contributed by atoms with E-state index in [9.17, 15) is 4.57 Å². The fraction of sp³-hybridized carbons (Fsp3) is 0.222. The summed E-state index contributed by atoms with van der Waals surface area (Å²) in [6.45, 7) is 0. The molecule has 0 heterocycles. The molecule has 0 aliphatic rings. The Labute approximate surface area is 99.3 Å². The van der Waals surface area contributed by atoms with Crippen molar-refractivity contribution in [3.05, 3.63) is 29.8 Å². The van der Waals surface area contributed by atoms with Crippen LogP contribution in [0.5, 0.6) is 5.75 Å². The average Bonchev–Trinajstić information content (AvgIpc) is 2.29. The van der Waals surface area contributed by atoms with E-state index in [4.69, 9.17) is 21.1 Å². The summed E-state index contributed by atoms with van der Waals surface area (Å²) in [5.74, 6) is -0.416. The van der Waals surface area contributed by atoms with E-state index in [1.807, 2.05) is 0 Å². The SMILES string of the molecule is COc1ccc(C(NN=C(N)N)[P+](=O)O)cc1. The van der Waals surface area contributed by atoms with Crippen molar-refractivity contribution in [3.63, 3.8) is 0 Å². The van der Waals surface area contributed by atoms with Crippen molar-refractivity contribution in [2.24, 2.45) is 16.6 Å². The minimum atomic E-state index is -2.50. The summed E-state index contributed by atoms with van der Waals surface area (Å²) >= 11 is 0. The Kier molecular flexibility index (Phi) is 4.68. The van der Waals surface area contributed by atoms with Gasteiger partial charge < -0.3 is 16.2 Å². The van der Waals surface area contributed by atoms with E-state index in [-0.39, 0.29) is 5.96 Å². The zero-order valence-corrected chi connectivity index (χ0v) is 10.1. The lowest BCUT2D eigenvalue weighted by Crippen LogP contribution is -2.27. The monoisotopic (exact) mass is 257 g/mol. The Bertz CT molecular complexity index is 417. The lowest BCUT2D eigenvalue weighted by Gasteiger charge is -2.06. The van der Waals surface area contributed by atoms with Gasteiger partial charge in [0.15, 0.2) is 0 Å². The fourth-order valence-electron chi connectivity index (χ4n) is 1.17. The highest BCUT2D eigenvalue weighted by atomic mass is 31.1. The number of hydrogen-bond acceptors (Lipinski definition) is 4. The van der Waals surface area contributed by atoms with Crippen molar-refractivity contribution in [2.75, 3.05) is 7.11 Å². The average molecular weight is 257 g/mol. The Hall–Kier alpha value is -1.85. The Morgan fingerprint density at radius 1 is 1.47 bits per heavy atom. The van der Waals surface area contributed by atoms with Gasteiger partial charge >= 0.3 is 8.03 Å². The van der Waals surface area contributed by atoms with Gasteiger partial charge in [-0.05, 0) is 28.8 Å². The minimum Gasteiger partial charge on any atom is -0.497 e. The van der Waals surface area contributed by atoms with Crippen molar-refractivity contribution in [1.82, 2.24) is 5.43 Å². The predicted molar refractivity (Wildman–Crippen MR) is 64.5 cm³/mol. The lowest BCUT2D eigenvalue weighted by molar-refractivity contribution is 0.414. The van der Waals surface area contributed by atoms with Gasteiger partial charge in [0.2, 0.25) is 5.96 Å². The number of guanidine groups is 1. The van der Waals surface area contributed by atoms with Gasteiger partial charge in [-0.3, -0.25) is 5.43 Å². The van der Waals surface area contributed by atoms with Crippen LogP contribution in [0, 0.1) is 0 Å². The molecule has 17 heavy (non-hydrogen) atoms. The number of hydrazone groups is 1. The van der Waals surface area contributed by atoms with Crippen LogP contribution in [0.25, 0.3) is 0 Å². The first-order chi connectivity index (χ1) is 8.04. The third kappa shape index (κ3) is 3.90. The van der Waals surface area contributed by atoms with Crippen LogP contribution in [0.2, 0.25) is 0 Å². The van der Waals surface area contributed by atoms with Crippen LogP contribution >= 0.6 is 8.03 Å². The van der Waals surface area contributed by atoms with Crippen LogP contribution in [0.4, 0.5) is 0 Å². The largest absolute Gasteiger partial charge is 0.537 e. The molecule has 1 rings (SSSR count). The molecule has 92 valence electrons. The molecule has 8 heteroatoms. The van der Waals surface area contributed by atoms with Crippen LogP contribution in [0.3, 0.4) is 0 Å². The number of ether oxygens (including phenoxy) is 1. The highest BCUT2D eigenvalue weighted by Gasteiger charge is 2.30. The van der Waals surface area contributed by atoms with Crippen molar-refractivity contribution < 1.29 is 14.2 Å². The van der Waals surface area contributed by atoms with Crippen molar-refractivity contribution in [1.29, 1.82) is 0 Å². The maximum absolute atomic E-state index is 11.2. The molecule has 0 amide bonds. The Morgan fingerprint density at radius 3 is 2.47 bits per heavy atom. The van der Waals surface area contributed by atoms with E-state index in [1.54, 1.807) is 24.3 Å². The molecule has 7 nitrogen and oxygen atoms in total. The van der Waals surface area contributed by atoms with E-state index in [0.717, 1.165) is 0 Å². The molecule has 0 spiro atoms. The van der Waals surface area contributed by atoms with Gasteiger partial charge in [-0.2, -0.15) is 4.89 Å². The molecule has 0 saturated heterocycles. The van der Waals surface area contributed by atoms with Crippen molar-refractivity contribution >= 4 is 14.0 Å². The molecule has 2 atom stereocenters. The molecule has 0 radical (unpaired) electrons. The molecule has 0 saturated carbocycles. The Balaban J connectivity index is 2.89. The van der Waals surface area contributed by atoms with E-state index >= 15 is 0 Å². The molecular formula is C9H14N4O3P+. The standard InChI is InChI=1S/C9H13N4O3P/c1-16-7-4-2-6(3-5-7)8(17(14)15)12-13-9(10)11/h2-5,8,12H,1H3,(H4-,10,11,13,14,15)/p+1. The quantitative estimate of drug-likeness (QED) is 0.259. The number of benzene rings is 1. The van der Waals surface area contributed by atoms with E-state index in [1.165, 1.54) is 7.11 Å². The van der Waals surface area contributed by atoms with Crippen LogP contribution < -0.4 is 21.6 Å². The molecule has 0 bridgehead atoms. The highest BCUT2D eigenvalue weighted by molar-refractivity contribution is 7.38. The summed E-state index contributed by atoms with van der Waals surface area (Å²) in [6, 6.07) is 6.67. The number of nitrogens with one attached hydrogen (secondary N) is 1. The second-order valence-corrected chi connectivity index (χ2v) is 4.27. The van der Waals surface area contributed by atoms with E-state index in [0.29, 0.717) is 11.3 Å². The zero-order valence-electron chi connectivity index (χ0n) is 9.20. The zero-order chi connectivity index (χ0) is 12.8. The smallest absolute Gasteiger partial charge is 0.497 e. The van der Waals surface area contributed by atoms with Gasteiger partial charge in [0.25, 0.3) is 5.78 Å². The molecule has 2 unspecified atom stereocenters. The molecule has 0 aliphatic heterocycles. The van der Waals surface area contributed by atoms with E-state index in [2.05, 4.69) is 10.5 Å². The fourth-order valence-corrected chi connectivity index (χ4v) is 1.76. The second-order valence-electron chi connectivity index (χ2n) is 3.14. The topological polar surface area (TPSA) is 123 Å². The lowest BCUT2D eigenvalue weighted by atomic mass is 10.2. The summed E-state index contributed by atoms with van der Waals surface area (Å²) in [4.78, 5) is 9.17. The number of rotatable bonds is 5. The Morgan fingerprint density at radius 2 is 2.06 bits per heavy atom. The van der Waals surface area contributed by atoms with Gasteiger partial charge in [0.1, 0.15) is 5.75 Å². The number of nitrogens with two attached hydrogens (primary N) is 2. The molecule has 6 N–H and O–H groups in total. The summed E-state index contributed by atoms with van der Waals surface area (Å²) in [7, 11) is -0.966. The first kappa shape index (κ1) is 13.2. The third-order valence-electron chi connectivity index (χ3n) is 1.97. The third-order valence-corrected chi connectivity index (χ3v) is 2.82. The van der Waals surface area contributed by atoms with Gasteiger partial charge in [-0.15, -0.1) is 5.10 Å². The minimum absolute atomic E-state index is 0.208. The van der Waals surface area contributed by atoms with Crippen LogP contribution in [0.1, 0.15) is 11.3 Å². The van der Waals surface area contributed by atoms with Crippen LogP contribution in [-0.2, 0) is 4.57 Å². The number of methoxy groups -OCH3 is 1. The normalized spacial score (nSPS) is 12.5. The predicted octanol–water partition coefficient (Wildman–Crippen LogP) is 0.206. The molecule has 1 aromatic carbocycles. The summed E-state index contributed by atoms with van der Waals surface area (Å²) in [5.41, 5.74) is 13.3. The van der Waals surface area contributed by atoms with Crippen molar-refractivity contribution in [2.45, 2.75) is 5.78 Å². The van der Waals surface area contributed by atoms with Crippen molar-refractivity contribution in [3.8, 4) is 5.75 Å². The first-order valence-corrected chi connectivity index (χ1v) is 5.96. The summed E-state index contributed by atoms with van der Waals surface area (Å²) < 4.78 is 16.2. The maximum atomic E-state index is 11.2. The van der Waals surface area contributed by atoms with E-state index < -0.39 is 13.8 Å². The molecule has 0 fully saturated rings. The summed E-state index contributed by atoms with van der Waals surface area (Å²) in [5, 5.41) is 3.51. The molecule has 0 aromatic heterocycles. The molecule has 0 aliphatic carbocycles. The molecule has 1 aromatic rings. The highest BCUT2D eigenvalue weighted by Crippen LogP contribution is 2.35. The van der Waals surface area contributed by atoms with Gasteiger partial charge in [-0.25, -0.2) is 0 Å². The molecular weight excluding hydrogens is 243 g/mol. The summed E-state index contributed by atoms with van der Waals surface area (Å²) in [6.07, 6.45) is 0. The van der Waals surface area contributed by atoms with Crippen LogP contribution in [-0.4, -0.2) is 18.0 Å². The maximum Gasteiger partial charge on any atom is 0.537 e. The van der Waals surface area contributed by atoms with Crippen LogP contribution in [0.15, 0.2) is 29.4 Å². The van der Waals surface area contributed by atoms with Gasteiger partial charge in [0, 0.05) is 5.56 Å².